The van der Waals surface area contributed by atoms with Gasteiger partial charge in [-0.1, -0.05) is 38.3 Å². The van der Waals surface area contributed by atoms with Crippen molar-refractivity contribution in [3.63, 3.8) is 0 Å². The number of thiophene rings is 1. The average Bonchev–Trinajstić information content (AvgIpc) is 2.65. The van der Waals surface area contributed by atoms with E-state index in [0.717, 1.165) is 12.8 Å². The van der Waals surface area contributed by atoms with E-state index in [9.17, 15) is 9.90 Å². The number of aliphatic hydroxyl groups excluding tert-OH is 1. The van der Waals surface area contributed by atoms with E-state index in [1.165, 1.54) is 11.3 Å². The number of carbonyl (C=O) groups is 1. The zero-order valence-corrected chi connectivity index (χ0v) is 10.4. The Morgan fingerprint density at radius 3 is 2.53 bits per heavy atom. The summed E-state index contributed by atoms with van der Waals surface area (Å²) < 4.78 is 0. The molecule has 1 unspecified atom stereocenters. The predicted molar refractivity (Wildman–Crippen MR) is 63.7 cm³/mol. The number of rotatable bonds is 5. The first-order valence-electron chi connectivity index (χ1n) is 5.07. The Kier molecular flexibility index (Phi) is 4.77. The molecule has 1 heterocycles. The average molecular weight is 247 g/mol. The lowest BCUT2D eigenvalue weighted by molar-refractivity contribution is 0.0592. The molecule has 0 radical (unpaired) electrons. The monoisotopic (exact) mass is 246 g/mol. The first-order valence-corrected chi connectivity index (χ1v) is 6.32. The van der Waals surface area contributed by atoms with Crippen LogP contribution in [0, 0.1) is 5.92 Å². The Morgan fingerprint density at radius 2 is 2.13 bits per heavy atom. The second kappa shape index (κ2) is 5.64. The minimum atomic E-state index is -0.920. The molecule has 0 aliphatic heterocycles. The molecule has 0 fully saturated rings. The van der Waals surface area contributed by atoms with Gasteiger partial charge in [-0.3, -0.25) is 4.79 Å². The van der Waals surface area contributed by atoms with Crippen molar-refractivity contribution in [1.82, 2.24) is 0 Å². The molecule has 15 heavy (non-hydrogen) atoms. The van der Waals surface area contributed by atoms with Gasteiger partial charge in [0.1, 0.15) is 6.10 Å². The predicted octanol–water partition coefficient (Wildman–Crippen LogP) is 3.38. The summed E-state index contributed by atoms with van der Waals surface area (Å²) in [7, 11) is 0. The largest absolute Gasteiger partial charge is 0.385 e. The summed E-state index contributed by atoms with van der Waals surface area (Å²) in [5.74, 6) is -0.223. The molecule has 1 aromatic heterocycles. The molecule has 4 heteroatoms. The lowest BCUT2D eigenvalue weighted by Crippen LogP contribution is -2.28. The van der Waals surface area contributed by atoms with E-state index >= 15 is 0 Å². The number of hydrogen-bond donors (Lipinski definition) is 1. The second-order valence-electron chi connectivity index (χ2n) is 3.48. The van der Waals surface area contributed by atoms with Crippen LogP contribution in [0.1, 0.15) is 36.4 Å². The Balaban J connectivity index is 2.81. The smallest absolute Gasteiger partial charge is 0.202 e. The van der Waals surface area contributed by atoms with Gasteiger partial charge in [0.15, 0.2) is 0 Å². The van der Waals surface area contributed by atoms with E-state index in [2.05, 4.69) is 0 Å². The maximum atomic E-state index is 11.9. The van der Waals surface area contributed by atoms with Crippen LogP contribution in [-0.4, -0.2) is 17.0 Å². The van der Waals surface area contributed by atoms with Crippen LogP contribution >= 0.6 is 22.9 Å². The summed E-state index contributed by atoms with van der Waals surface area (Å²) in [5.41, 5.74) is 0. The molecule has 0 spiro atoms. The van der Waals surface area contributed by atoms with Crippen molar-refractivity contribution in [2.24, 2.45) is 5.92 Å². The molecule has 0 aliphatic rings. The molecule has 0 saturated heterocycles. The topological polar surface area (TPSA) is 37.3 Å². The molecule has 0 aliphatic carbocycles. The molecule has 1 rings (SSSR count). The summed E-state index contributed by atoms with van der Waals surface area (Å²) in [4.78, 5) is 12.3. The number of aliphatic hydroxyl groups is 1. The van der Waals surface area contributed by atoms with E-state index in [1.54, 1.807) is 11.4 Å². The SMILES string of the molecule is CCC(CC)C(O)C(=O)c1sccc1Cl. The third-order valence-corrected chi connectivity index (χ3v) is 3.96. The van der Waals surface area contributed by atoms with Gasteiger partial charge >= 0.3 is 0 Å². The van der Waals surface area contributed by atoms with Gasteiger partial charge in [-0.15, -0.1) is 11.3 Å². The summed E-state index contributed by atoms with van der Waals surface area (Å²) in [5, 5.41) is 12.1. The molecule has 1 atom stereocenters. The summed E-state index contributed by atoms with van der Waals surface area (Å²) in [6.07, 6.45) is 0.676. The normalized spacial score (nSPS) is 13.1. The number of Topliss-reactive ketones (excluding diaryl/α,β-unsaturated/α-hetero) is 1. The third kappa shape index (κ3) is 2.80. The van der Waals surface area contributed by atoms with Crippen LogP contribution < -0.4 is 0 Å². The number of hydrogen-bond acceptors (Lipinski definition) is 3. The fourth-order valence-electron chi connectivity index (χ4n) is 1.55. The molecular weight excluding hydrogens is 232 g/mol. The molecule has 1 N–H and O–H groups in total. The quantitative estimate of drug-likeness (QED) is 0.809. The summed E-state index contributed by atoms with van der Waals surface area (Å²) >= 11 is 7.13. The zero-order chi connectivity index (χ0) is 11.4. The number of halogens is 1. The summed E-state index contributed by atoms with van der Waals surface area (Å²) in [6.45, 7) is 3.95. The van der Waals surface area contributed by atoms with Crippen LogP contribution in [0.15, 0.2) is 11.4 Å². The molecule has 0 amide bonds. The highest BCUT2D eigenvalue weighted by molar-refractivity contribution is 7.12. The van der Waals surface area contributed by atoms with Gasteiger partial charge in [-0.05, 0) is 17.4 Å². The first-order chi connectivity index (χ1) is 7.11. The van der Waals surface area contributed by atoms with E-state index in [0.29, 0.717) is 9.90 Å². The highest BCUT2D eigenvalue weighted by atomic mass is 35.5. The van der Waals surface area contributed by atoms with Crippen molar-refractivity contribution in [2.75, 3.05) is 0 Å². The molecule has 84 valence electrons. The second-order valence-corrected chi connectivity index (χ2v) is 4.81. The third-order valence-electron chi connectivity index (χ3n) is 2.60. The van der Waals surface area contributed by atoms with Gasteiger partial charge in [0.2, 0.25) is 5.78 Å². The van der Waals surface area contributed by atoms with Crippen LogP contribution in [-0.2, 0) is 0 Å². The molecule has 1 aromatic rings. The maximum Gasteiger partial charge on any atom is 0.202 e. The van der Waals surface area contributed by atoms with Crippen LogP contribution in [0.5, 0.6) is 0 Å². The lowest BCUT2D eigenvalue weighted by Gasteiger charge is -2.18. The Hall–Kier alpha value is -0.380. The van der Waals surface area contributed by atoms with Gasteiger partial charge in [-0.2, -0.15) is 0 Å². The van der Waals surface area contributed by atoms with Crippen molar-refractivity contribution in [2.45, 2.75) is 32.8 Å². The standard InChI is InChI=1S/C11H15ClO2S/c1-3-7(4-2)9(13)10(14)11-8(12)5-6-15-11/h5-7,9,13H,3-4H2,1-2H3. The summed E-state index contributed by atoms with van der Waals surface area (Å²) in [6, 6.07) is 1.68. The molecule has 2 nitrogen and oxygen atoms in total. The highest BCUT2D eigenvalue weighted by Crippen LogP contribution is 2.26. The maximum absolute atomic E-state index is 11.9. The van der Waals surface area contributed by atoms with E-state index < -0.39 is 6.10 Å². The highest BCUT2D eigenvalue weighted by Gasteiger charge is 2.26. The lowest BCUT2D eigenvalue weighted by atomic mass is 9.93. The van der Waals surface area contributed by atoms with E-state index in [1.807, 2.05) is 13.8 Å². The zero-order valence-electron chi connectivity index (χ0n) is 8.87. The Bertz CT molecular complexity index is 331. The van der Waals surface area contributed by atoms with Crippen molar-refractivity contribution in [3.05, 3.63) is 21.3 Å². The van der Waals surface area contributed by atoms with E-state index in [4.69, 9.17) is 11.6 Å². The van der Waals surface area contributed by atoms with Gasteiger partial charge in [0, 0.05) is 0 Å². The van der Waals surface area contributed by atoms with Crippen LogP contribution in [0.25, 0.3) is 0 Å². The van der Waals surface area contributed by atoms with Crippen molar-refractivity contribution >= 4 is 28.7 Å². The molecule has 0 bridgehead atoms. The minimum absolute atomic E-state index is 0.0238. The van der Waals surface area contributed by atoms with Gasteiger partial charge < -0.3 is 5.11 Å². The Labute approximate surface area is 98.9 Å². The molecule has 0 aromatic carbocycles. The molecular formula is C11H15ClO2S. The fourth-order valence-corrected chi connectivity index (χ4v) is 2.68. The van der Waals surface area contributed by atoms with Crippen molar-refractivity contribution < 1.29 is 9.90 Å². The van der Waals surface area contributed by atoms with Crippen LogP contribution in [0.4, 0.5) is 0 Å². The van der Waals surface area contributed by atoms with Crippen molar-refractivity contribution in [3.8, 4) is 0 Å². The fraction of sp³-hybridized carbons (Fsp3) is 0.545. The van der Waals surface area contributed by atoms with E-state index in [-0.39, 0.29) is 11.7 Å². The van der Waals surface area contributed by atoms with Crippen LogP contribution in [0.3, 0.4) is 0 Å². The van der Waals surface area contributed by atoms with Gasteiger partial charge in [0.25, 0.3) is 0 Å². The van der Waals surface area contributed by atoms with Gasteiger partial charge in [-0.25, -0.2) is 0 Å². The number of carbonyl (C=O) groups excluding carboxylic acids is 1. The molecule has 0 saturated carbocycles. The van der Waals surface area contributed by atoms with Crippen LogP contribution in [0.2, 0.25) is 5.02 Å². The minimum Gasteiger partial charge on any atom is -0.385 e. The Morgan fingerprint density at radius 1 is 1.53 bits per heavy atom. The van der Waals surface area contributed by atoms with Crippen molar-refractivity contribution in [1.29, 1.82) is 0 Å². The first kappa shape index (κ1) is 12.7. The van der Waals surface area contributed by atoms with Gasteiger partial charge in [0.05, 0.1) is 9.90 Å². The number of ketones is 1.